The van der Waals surface area contributed by atoms with Crippen molar-refractivity contribution < 1.29 is 4.79 Å². The molecule has 0 aliphatic carbocycles. The topological polar surface area (TPSA) is 95.7 Å². The zero-order valence-corrected chi connectivity index (χ0v) is 13.8. The van der Waals surface area contributed by atoms with Gasteiger partial charge in [-0.3, -0.25) is 14.2 Å². The van der Waals surface area contributed by atoms with Crippen LogP contribution in [0, 0.1) is 0 Å². The number of aliphatic imine (C=N–C) groups is 1. The second kappa shape index (κ2) is 7.91. The molecule has 0 fully saturated rings. The number of carbonyl (C=O) groups excluding carboxylic acids is 1. The number of aromatic nitrogens is 3. The number of anilines is 1. The Morgan fingerprint density at radius 1 is 1.08 bits per heavy atom. The third-order valence-electron chi connectivity index (χ3n) is 3.50. The van der Waals surface area contributed by atoms with Crippen LogP contribution in [0.4, 0.5) is 5.69 Å². The standard InChI is InChI=1S/C17H19N7O/c1-18-17(20-12-16(25)21-13-7-3-2-4-8-13)19-11-15-23-22-14-9-5-6-10-24(14)15/h2-10H,11-12H2,1H3,(H,21,25)(H2,18,19,20). The van der Waals surface area contributed by atoms with Crippen LogP contribution < -0.4 is 16.0 Å². The maximum Gasteiger partial charge on any atom is 0.243 e. The first kappa shape index (κ1) is 16.4. The number of guanidine groups is 1. The van der Waals surface area contributed by atoms with Gasteiger partial charge in [0.25, 0.3) is 0 Å². The van der Waals surface area contributed by atoms with Crippen molar-refractivity contribution in [2.45, 2.75) is 6.54 Å². The van der Waals surface area contributed by atoms with E-state index in [1.165, 1.54) is 0 Å². The van der Waals surface area contributed by atoms with Crippen molar-refractivity contribution in [1.82, 2.24) is 25.2 Å². The second-order valence-corrected chi connectivity index (χ2v) is 5.24. The van der Waals surface area contributed by atoms with E-state index >= 15 is 0 Å². The highest BCUT2D eigenvalue weighted by molar-refractivity contribution is 5.94. The molecule has 0 atom stereocenters. The van der Waals surface area contributed by atoms with Gasteiger partial charge < -0.3 is 16.0 Å². The van der Waals surface area contributed by atoms with Gasteiger partial charge >= 0.3 is 0 Å². The van der Waals surface area contributed by atoms with Gasteiger partial charge in [-0.2, -0.15) is 0 Å². The quantitative estimate of drug-likeness (QED) is 0.477. The largest absolute Gasteiger partial charge is 0.349 e. The molecule has 8 nitrogen and oxygen atoms in total. The van der Waals surface area contributed by atoms with E-state index in [1.54, 1.807) is 7.05 Å². The van der Waals surface area contributed by atoms with Crippen molar-refractivity contribution in [3.8, 4) is 0 Å². The lowest BCUT2D eigenvalue weighted by molar-refractivity contribution is -0.115. The second-order valence-electron chi connectivity index (χ2n) is 5.24. The molecule has 3 rings (SSSR count). The fourth-order valence-electron chi connectivity index (χ4n) is 2.29. The summed E-state index contributed by atoms with van der Waals surface area (Å²) in [5.74, 6) is 1.12. The Balaban J connectivity index is 1.50. The molecule has 0 bridgehead atoms. The average Bonchev–Trinajstić information content (AvgIpc) is 3.06. The predicted octanol–water partition coefficient (Wildman–Crippen LogP) is 1.03. The Hall–Kier alpha value is -3.42. The zero-order valence-electron chi connectivity index (χ0n) is 13.8. The van der Waals surface area contributed by atoms with E-state index in [0.717, 1.165) is 17.2 Å². The molecule has 128 valence electrons. The Bertz CT molecular complexity index is 873. The monoisotopic (exact) mass is 337 g/mol. The third kappa shape index (κ3) is 4.31. The lowest BCUT2D eigenvalue weighted by Crippen LogP contribution is -2.41. The fourth-order valence-corrected chi connectivity index (χ4v) is 2.29. The van der Waals surface area contributed by atoms with Gasteiger partial charge in [-0.15, -0.1) is 10.2 Å². The molecule has 1 amide bonds. The van der Waals surface area contributed by atoms with Gasteiger partial charge in [-0.05, 0) is 24.3 Å². The molecule has 1 aromatic carbocycles. The molecule has 2 aromatic heterocycles. The van der Waals surface area contributed by atoms with Crippen LogP contribution in [-0.4, -0.2) is 40.1 Å². The van der Waals surface area contributed by atoms with Crippen LogP contribution in [-0.2, 0) is 11.3 Å². The molecule has 0 spiro atoms. The molecule has 0 saturated carbocycles. The highest BCUT2D eigenvalue weighted by atomic mass is 16.1. The van der Waals surface area contributed by atoms with Gasteiger partial charge in [-0.1, -0.05) is 24.3 Å². The lowest BCUT2D eigenvalue weighted by atomic mass is 10.3. The first-order valence-electron chi connectivity index (χ1n) is 7.84. The third-order valence-corrected chi connectivity index (χ3v) is 3.50. The number of pyridine rings is 1. The molecule has 3 aromatic rings. The van der Waals surface area contributed by atoms with Crippen molar-refractivity contribution in [2.24, 2.45) is 4.99 Å². The molecule has 0 aliphatic rings. The lowest BCUT2D eigenvalue weighted by Gasteiger charge is -2.11. The molecular formula is C17H19N7O. The van der Waals surface area contributed by atoms with E-state index in [9.17, 15) is 4.79 Å². The zero-order chi connectivity index (χ0) is 17.5. The van der Waals surface area contributed by atoms with Crippen LogP contribution in [0.1, 0.15) is 5.82 Å². The number of para-hydroxylation sites is 1. The highest BCUT2D eigenvalue weighted by Crippen LogP contribution is 2.04. The average molecular weight is 337 g/mol. The Morgan fingerprint density at radius 2 is 1.88 bits per heavy atom. The summed E-state index contributed by atoms with van der Waals surface area (Å²) in [5.41, 5.74) is 1.54. The number of rotatable bonds is 5. The first-order valence-corrected chi connectivity index (χ1v) is 7.84. The van der Waals surface area contributed by atoms with Crippen molar-refractivity contribution in [2.75, 3.05) is 18.9 Å². The number of amides is 1. The van der Waals surface area contributed by atoms with Crippen LogP contribution in [0.25, 0.3) is 5.65 Å². The summed E-state index contributed by atoms with van der Waals surface area (Å²) in [6, 6.07) is 15.0. The van der Waals surface area contributed by atoms with E-state index in [2.05, 4.69) is 31.1 Å². The van der Waals surface area contributed by atoms with Crippen LogP contribution >= 0.6 is 0 Å². The van der Waals surface area contributed by atoms with Gasteiger partial charge in [0.05, 0.1) is 13.1 Å². The Morgan fingerprint density at radius 3 is 2.68 bits per heavy atom. The van der Waals surface area contributed by atoms with E-state index in [0.29, 0.717) is 12.5 Å². The Labute approximate surface area is 145 Å². The van der Waals surface area contributed by atoms with Gasteiger partial charge in [0, 0.05) is 18.9 Å². The molecule has 0 aliphatic heterocycles. The van der Waals surface area contributed by atoms with E-state index in [-0.39, 0.29) is 12.5 Å². The van der Waals surface area contributed by atoms with Crippen molar-refractivity contribution in [1.29, 1.82) is 0 Å². The molecule has 0 saturated heterocycles. The summed E-state index contributed by atoms with van der Waals surface area (Å²) in [6.45, 7) is 0.542. The normalized spacial score (nSPS) is 11.3. The molecule has 3 N–H and O–H groups in total. The van der Waals surface area contributed by atoms with Crippen molar-refractivity contribution in [3.05, 3.63) is 60.6 Å². The molecular weight excluding hydrogens is 318 g/mol. The first-order chi connectivity index (χ1) is 12.3. The fraction of sp³-hybridized carbons (Fsp3) is 0.176. The maximum atomic E-state index is 12.0. The smallest absolute Gasteiger partial charge is 0.243 e. The Kier molecular flexibility index (Phi) is 5.20. The molecule has 0 radical (unpaired) electrons. The minimum absolute atomic E-state index is 0.106. The van der Waals surface area contributed by atoms with Crippen LogP contribution in [0.3, 0.4) is 0 Å². The van der Waals surface area contributed by atoms with Gasteiger partial charge in [0.2, 0.25) is 5.91 Å². The summed E-state index contributed by atoms with van der Waals surface area (Å²) in [7, 11) is 1.65. The van der Waals surface area contributed by atoms with Crippen molar-refractivity contribution >= 4 is 23.2 Å². The summed E-state index contributed by atoms with van der Waals surface area (Å²) >= 11 is 0. The number of hydrogen-bond acceptors (Lipinski definition) is 4. The maximum absolute atomic E-state index is 12.0. The van der Waals surface area contributed by atoms with Crippen LogP contribution in [0.15, 0.2) is 59.7 Å². The SMILES string of the molecule is CN=C(NCC(=O)Nc1ccccc1)NCc1nnc2ccccn12. The van der Waals surface area contributed by atoms with E-state index in [4.69, 9.17) is 0 Å². The summed E-state index contributed by atoms with van der Waals surface area (Å²) in [6.07, 6.45) is 1.90. The number of fused-ring (bicyclic) bond motifs is 1. The number of nitrogens with zero attached hydrogens (tertiary/aromatic N) is 4. The van der Waals surface area contributed by atoms with Crippen molar-refractivity contribution in [3.63, 3.8) is 0 Å². The van der Waals surface area contributed by atoms with Gasteiger partial charge in [-0.25, -0.2) is 0 Å². The number of hydrogen-bond donors (Lipinski definition) is 3. The molecule has 0 unspecified atom stereocenters. The predicted molar refractivity (Wildman–Crippen MR) is 96.3 cm³/mol. The van der Waals surface area contributed by atoms with E-state index in [1.807, 2.05) is 59.1 Å². The minimum Gasteiger partial charge on any atom is -0.349 e. The molecule has 25 heavy (non-hydrogen) atoms. The number of benzene rings is 1. The summed E-state index contributed by atoms with van der Waals surface area (Å²) in [4.78, 5) is 16.1. The number of nitrogens with one attached hydrogen (secondary N) is 3. The van der Waals surface area contributed by atoms with Gasteiger partial charge in [0.1, 0.15) is 0 Å². The number of carbonyl (C=O) groups is 1. The molecule has 2 heterocycles. The van der Waals surface area contributed by atoms with E-state index < -0.39 is 0 Å². The molecule has 8 heteroatoms. The van der Waals surface area contributed by atoms with Gasteiger partial charge in [0.15, 0.2) is 17.4 Å². The summed E-state index contributed by atoms with van der Waals surface area (Å²) < 4.78 is 1.89. The highest BCUT2D eigenvalue weighted by Gasteiger charge is 2.07. The minimum atomic E-state index is -0.151. The van der Waals surface area contributed by atoms with Crippen LogP contribution in [0.5, 0.6) is 0 Å². The summed E-state index contributed by atoms with van der Waals surface area (Å²) in [5, 5.41) is 17.1. The van der Waals surface area contributed by atoms with Crippen LogP contribution in [0.2, 0.25) is 0 Å².